The van der Waals surface area contributed by atoms with Crippen LogP contribution < -0.4 is 9.47 Å². The molecule has 3 aliphatic rings. The van der Waals surface area contributed by atoms with Gasteiger partial charge in [0.1, 0.15) is 12.7 Å². The van der Waals surface area contributed by atoms with Gasteiger partial charge >= 0.3 is 0 Å². The van der Waals surface area contributed by atoms with Crippen LogP contribution in [0.2, 0.25) is 0 Å². The molecule has 7 heteroatoms. The lowest BCUT2D eigenvalue weighted by molar-refractivity contribution is -0.0259. The Morgan fingerprint density at radius 1 is 1.15 bits per heavy atom. The van der Waals surface area contributed by atoms with Crippen LogP contribution in [-0.2, 0) is 11.2 Å². The lowest BCUT2D eigenvalue weighted by Crippen LogP contribution is -2.48. The van der Waals surface area contributed by atoms with Crippen molar-refractivity contribution in [2.24, 2.45) is 11.3 Å². The summed E-state index contributed by atoms with van der Waals surface area (Å²) in [6, 6.07) is 4.39. The number of rotatable bonds is 7. The van der Waals surface area contributed by atoms with Crippen LogP contribution in [0.1, 0.15) is 50.8 Å². The minimum Gasteiger partial charge on any atom is -0.493 e. The second-order valence-corrected chi connectivity index (χ2v) is 11.2. The first-order chi connectivity index (χ1) is 15.7. The maximum atomic E-state index is 10.9. The Kier molecular flexibility index (Phi) is 7.86. The zero-order valence-corrected chi connectivity index (χ0v) is 20.8. The van der Waals surface area contributed by atoms with Crippen molar-refractivity contribution in [2.75, 3.05) is 59.7 Å². The first-order valence-electron chi connectivity index (χ1n) is 12.5. The summed E-state index contributed by atoms with van der Waals surface area (Å²) in [6.45, 7) is 12.6. The zero-order valence-electron chi connectivity index (χ0n) is 20.8. The maximum Gasteiger partial charge on any atom is 0.161 e. The molecular formula is C26H42N2O5. The molecule has 4 unspecified atom stereocenters. The molecule has 2 saturated heterocycles. The summed E-state index contributed by atoms with van der Waals surface area (Å²) < 4.78 is 17.1. The molecule has 1 aromatic carbocycles. The van der Waals surface area contributed by atoms with Gasteiger partial charge in [-0.25, -0.2) is 0 Å². The van der Waals surface area contributed by atoms with Crippen molar-refractivity contribution >= 4 is 0 Å². The quantitative estimate of drug-likeness (QED) is 0.645. The first kappa shape index (κ1) is 24.7. The lowest BCUT2D eigenvalue weighted by atomic mass is 9.75. The number of aliphatic hydroxyl groups excluding tert-OH is 2. The molecule has 0 aliphatic carbocycles. The van der Waals surface area contributed by atoms with Crippen molar-refractivity contribution in [3.8, 4) is 11.5 Å². The minimum absolute atomic E-state index is 0.216. The molecule has 0 radical (unpaired) electrons. The molecule has 3 heterocycles. The Hall–Kier alpha value is -1.38. The molecule has 4 rings (SSSR count). The van der Waals surface area contributed by atoms with Crippen molar-refractivity contribution in [3.05, 3.63) is 23.3 Å². The molecule has 0 saturated carbocycles. The molecule has 0 spiro atoms. The molecule has 33 heavy (non-hydrogen) atoms. The average molecular weight is 463 g/mol. The van der Waals surface area contributed by atoms with Crippen molar-refractivity contribution in [1.82, 2.24) is 9.80 Å². The molecule has 7 nitrogen and oxygen atoms in total. The fourth-order valence-corrected chi connectivity index (χ4v) is 5.68. The summed E-state index contributed by atoms with van der Waals surface area (Å²) in [6.07, 6.45) is 1.91. The molecule has 0 bridgehead atoms. The number of fused-ring (bicyclic) bond motifs is 3. The Balaban J connectivity index is 1.42. The summed E-state index contributed by atoms with van der Waals surface area (Å²) in [5.41, 5.74) is 2.72. The van der Waals surface area contributed by atoms with Gasteiger partial charge < -0.3 is 24.4 Å². The van der Waals surface area contributed by atoms with Gasteiger partial charge in [0.2, 0.25) is 0 Å². The topological polar surface area (TPSA) is 74.6 Å². The number of benzene rings is 1. The standard InChI is InChI=1S/C26H42N2O5/c1-26(2,3)14-19-15-28-6-5-18-11-25(24(31-4)12-21(18)22(28)13-23(19)30)33-17-20(29)16-27-7-9-32-10-8-27/h11-12,19-20,22-23,29-30H,5-10,13-17H2,1-4H3. The number of hydrogen-bond acceptors (Lipinski definition) is 7. The van der Waals surface area contributed by atoms with E-state index in [1.807, 2.05) is 0 Å². The van der Waals surface area contributed by atoms with E-state index in [4.69, 9.17) is 14.2 Å². The molecular weight excluding hydrogens is 420 g/mol. The summed E-state index contributed by atoms with van der Waals surface area (Å²) in [4.78, 5) is 4.75. The number of methoxy groups -OCH3 is 1. The largest absolute Gasteiger partial charge is 0.493 e. The third kappa shape index (κ3) is 6.20. The van der Waals surface area contributed by atoms with Crippen molar-refractivity contribution in [3.63, 3.8) is 0 Å². The molecule has 0 aromatic heterocycles. The summed E-state index contributed by atoms with van der Waals surface area (Å²) in [5.74, 6) is 1.70. The Labute approximate surface area is 198 Å². The minimum atomic E-state index is -0.562. The number of aliphatic hydroxyl groups is 2. The zero-order chi connectivity index (χ0) is 23.6. The first-order valence-corrected chi connectivity index (χ1v) is 12.5. The van der Waals surface area contributed by atoms with Gasteiger partial charge in [-0.15, -0.1) is 0 Å². The predicted octanol–water partition coefficient (Wildman–Crippen LogP) is 2.48. The number of ether oxygens (including phenoxy) is 3. The second kappa shape index (κ2) is 10.5. The Morgan fingerprint density at radius 3 is 2.61 bits per heavy atom. The van der Waals surface area contributed by atoms with Crippen molar-refractivity contribution < 1.29 is 24.4 Å². The normalized spacial score (nSPS) is 27.5. The Morgan fingerprint density at radius 2 is 1.91 bits per heavy atom. The van der Waals surface area contributed by atoms with Crippen LogP contribution in [-0.4, -0.2) is 91.9 Å². The number of morpholine rings is 1. The predicted molar refractivity (Wildman–Crippen MR) is 128 cm³/mol. The molecule has 4 atom stereocenters. The van der Waals surface area contributed by atoms with Crippen molar-refractivity contribution in [2.45, 2.75) is 58.3 Å². The van der Waals surface area contributed by atoms with Crippen LogP contribution in [0, 0.1) is 11.3 Å². The summed E-state index contributed by atoms with van der Waals surface area (Å²) >= 11 is 0. The molecule has 0 amide bonds. The highest BCUT2D eigenvalue weighted by Gasteiger charge is 2.39. The van der Waals surface area contributed by atoms with Crippen LogP contribution in [0.4, 0.5) is 0 Å². The van der Waals surface area contributed by atoms with Crippen molar-refractivity contribution in [1.29, 1.82) is 0 Å². The third-order valence-corrected chi connectivity index (χ3v) is 7.25. The summed E-state index contributed by atoms with van der Waals surface area (Å²) in [5, 5.41) is 21.4. The van der Waals surface area contributed by atoms with Crippen LogP contribution >= 0.6 is 0 Å². The van der Waals surface area contributed by atoms with E-state index in [2.05, 4.69) is 42.7 Å². The summed E-state index contributed by atoms with van der Waals surface area (Å²) in [7, 11) is 1.66. The highest BCUT2D eigenvalue weighted by atomic mass is 16.5. The fraction of sp³-hybridized carbons (Fsp3) is 0.769. The Bertz CT molecular complexity index is 790. The van der Waals surface area contributed by atoms with Gasteiger partial charge in [-0.2, -0.15) is 0 Å². The third-order valence-electron chi connectivity index (χ3n) is 7.25. The van der Waals surface area contributed by atoms with Crippen LogP contribution in [0.3, 0.4) is 0 Å². The second-order valence-electron chi connectivity index (χ2n) is 11.2. The number of piperidine rings is 1. The van der Waals surface area contributed by atoms with E-state index in [1.54, 1.807) is 7.11 Å². The molecule has 186 valence electrons. The monoisotopic (exact) mass is 462 g/mol. The number of β-amino-alcohol motifs (C(OH)–C–C–N with tert-alkyl or cyclic N) is 1. The van der Waals surface area contributed by atoms with E-state index in [1.165, 1.54) is 11.1 Å². The average Bonchev–Trinajstić information content (AvgIpc) is 2.77. The van der Waals surface area contributed by atoms with E-state index in [-0.39, 0.29) is 24.2 Å². The smallest absolute Gasteiger partial charge is 0.161 e. The fourth-order valence-electron chi connectivity index (χ4n) is 5.68. The van der Waals surface area contributed by atoms with E-state index in [0.29, 0.717) is 24.0 Å². The highest BCUT2D eigenvalue weighted by Crippen LogP contribution is 2.44. The van der Waals surface area contributed by atoms with Gasteiger partial charge in [-0.1, -0.05) is 20.8 Å². The molecule has 2 fully saturated rings. The highest BCUT2D eigenvalue weighted by molar-refractivity contribution is 5.49. The van der Waals surface area contributed by atoms with Crippen LogP contribution in [0.25, 0.3) is 0 Å². The van der Waals surface area contributed by atoms with E-state index >= 15 is 0 Å². The molecule has 1 aromatic rings. The SMILES string of the molecule is COc1cc2c(cc1OCC(O)CN1CCOCC1)CCN1CC(CC(C)(C)C)C(O)CC21. The van der Waals surface area contributed by atoms with Gasteiger partial charge in [-0.3, -0.25) is 9.80 Å². The molecule has 2 N–H and O–H groups in total. The molecule has 3 aliphatic heterocycles. The van der Waals surface area contributed by atoms with E-state index < -0.39 is 6.10 Å². The van der Waals surface area contributed by atoms with Gasteiger partial charge in [0, 0.05) is 38.8 Å². The van der Waals surface area contributed by atoms with E-state index in [9.17, 15) is 10.2 Å². The maximum absolute atomic E-state index is 10.9. The van der Waals surface area contributed by atoms with Gasteiger partial charge in [-0.05, 0) is 53.9 Å². The van der Waals surface area contributed by atoms with Crippen LogP contribution in [0.5, 0.6) is 11.5 Å². The van der Waals surface area contributed by atoms with Gasteiger partial charge in [0.25, 0.3) is 0 Å². The lowest BCUT2D eigenvalue weighted by Gasteiger charge is -2.47. The van der Waals surface area contributed by atoms with Gasteiger partial charge in [0.15, 0.2) is 11.5 Å². The van der Waals surface area contributed by atoms with E-state index in [0.717, 1.165) is 58.7 Å². The van der Waals surface area contributed by atoms with Crippen LogP contribution in [0.15, 0.2) is 12.1 Å². The van der Waals surface area contributed by atoms with Gasteiger partial charge in [0.05, 0.1) is 26.4 Å². The number of hydrogen-bond donors (Lipinski definition) is 2. The number of nitrogens with zero attached hydrogens (tertiary/aromatic N) is 2.